The second-order valence-corrected chi connectivity index (χ2v) is 7.28. The topological polar surface area (TPSA) is 27.1 Å². The van der Waals surface area contributed by atoms with E-state index in [2.05, 4.69) is 66.9 Å². The van der Waals surface area contributed by atoms with Crippen LogP contribution in [0.1, 0.15) is 56.3 Å². The highest BCUT2D eigenvalue weighted by atomic mass is 16.5. The van der Waals surface area contributed by atoms with Crippen molar-refractivity contribution in [3.05, 3.63) is 59.9 Å². The Kier molecular flexibility index (Phi) is 4.48. The van der Waals surface area contributed by atoms with Gasteiger partial charge in [0.05, 0.1) is 17.6 Å². The first-order valence-corrected chi connectivity index (χ1v) is 9.41. The van der Waals surface area contributed by atoms with Crippen LogP contribution in [0.4, 0.5) is 0 Å². The van der Waals surface area contributed by atoms with Crippen molar-refractivity contribution < 1.29 is 4.74 Å². The summed E-state index contributed by atoms with van der Waals surface area (Å²) >= 11 is 0. The molecule has 4 rings (SSSR count). The molecule has 0 radical (unpaired) electrons. The van der Waals surface area contributed by atoms with E-state index in [0.29, 0.717) is 11.8 Å². The van der Waals surface area contributed by atoms with Gasteiger partial charge >= 0.3 is 0 Å². The average molecular weight is 334 g/mol. The molecule has 1 fully saturated rings. The van der Waals surface area contributed by atoms with Crippen molar-refractivity contribution in [2.75, 3.05) is 6.61 Å². The minimum atomic E-state index is 0.482. The van der Waals surface area contributed by atoms with Crippen LogP contribution in [0.3, 0.4) is 0 Å². The summed E-state index contributed by atoms with van der Waals surface area (Å²) in [7, 11) is 0. The number of para-hydroxylation sites is 3. The molecule has 25 heavy (non-hydrogen) atoms. The van der Waals surface area contributed by atoms with Crippen LogP contribution in [0.25, 0.3) is 11.0 Å². The lowest BCUT2D eigenvalue weighted by Gasteiger charge is -2.14. The van der Waals surface area contributed by atoms with Crippen LogP contribution < -0.4 is 4.74 Å². The van der Waals surface area contributed by atoms with Gasteiger partial charge in [-0.3, -0.25) is 0 Å². The Bertz CT molecular complexity index is 861. The Morgan fingerprint density at radius 1 is 1.08 bits per heavy atom. The Balaban J connectivity index is 1.44. The van der Waals surface area contributed by atoms with Crippen molar-refractivity contribution in [3.8, 4) is 5.75 Å². The first kappa shape index (κ1) is 16.2. The van der Waals surface area contributed by atoms with Crippen LogP contribution >= 0.6 is 0 Å². The lowest BCUT2D eigenvalue weighted by molar-refractivity contribution is 0.298. The highest BCUT2D eigenvalue weighted by molar-refractivity contribution is 5.76. The molecule has 2 aromatic carbocycles. The fourth-order valence-corrected chi connectivity index (χ4v) is 3.48. The molecular formula is C22H26N2O. The normalized spacial score (nSPS) is 14.4. The van der Waals surface area contributed by atoms with E-state index in [9.17, 15) is 0 Å². The first-order valence-electron chi connectivity index (χ1n) is 9.41. The molecule has 0 aliphatic heterocycles. The number of benzene rings is 2. The summed E-state index contributed by atoms with van der Waals surface area (Å²) in [5, 5.41) is 0. The summed E-state index contributed by atoms with van der Waals surface area (Å²) in [4.78, 5) is 4.87. The Labute approximate surface area is 149 Å². The monoisotopic (exact) mass is 334 g/mol. The summed E-state index contributed by atoms with van der Waals surface area (Å²) < 4.78 is 8.50. The van der Waals surface area contributed by atoms with Gasteiger partial charge in [0.25, 0.3) is 0 Å². The number of rotatable bonds is 7. The molecular weight excluding hydrogens is 308 g/mol. The molecule has 3 heteroatoms. The largest absolute Gasteiger partial charge is 0.493 e. The van der Waals surface area contributed by atoms with E-state index < -0.39 is 0 Å². The number of hydrogen-bond donors (Lipinski definition) is 0. The molecule has 0 amide bonds. The second kappa shape index (κ2) is 6.91. The van der Waals surface area contributed by atoms with Gasteiger partial charge in [-0.15, -0.1) is 0 Å². The molecule has 3 aromatic rings. The third-order valence-corrected chi connectivity index (χ3v) is 4.95. The van der Waals surface area contributed by atoms with Crippen LogP contribution in [0.2, 0.25) is 0 Å². The van der Waals surface area contributed by atoms with Gasteiger partial charge in [-0.2, -0.15) is 0 Å². The molecule has 0 spiro atoms. The molecule has 1 aromatic heterocycles. The predicted molar refractivity (Wildman–Crippen MR) is 102 cm³/mol. The van der Waals surface area contributed by atoms with Gasteiger partial charge in [0.15, 0.2) is 0 Å². The molecule has 0 saturated heterocycles. The highest BCUT2D eigenvalue weighted by Gasteiger charge is 2.29. The summed E-state index contributed by atoms with van der Waals surface area (Å²) in [5.74, 6) is 3.43. The quantitative estimate of drug-likeness (QED) is 0.533. The molecule has 130 valence electrons. The number of aryl methyl sites for hydroxylation is 1. The number of aromatic nitrogens is 2. The van der Waals surface area contributed by atoms with Gasteiger partial charge < -0.3 is 9.30 Å². The maximum absolute atomic E-state index is 6.09. The van der Waals surface area contributed by atoms with Crippen LogP contribution in [0.5, 0.6) is 5.75 Å². The number of ether oxygens (including phenoxy) is 1. The van der Waals surface area contributed by atoms with Gasteiger partial charge in [0.2, 0.25) is 0 Å². The standard InChI is InChI=1S/C22H26N2O/c1-16(2)18-8-3-6-11-21(18)25-15-7-14-24-20-10-5-4-9-19(20)23-22(24)17-12-13-17/h3-6,8-11,16-17H,7,12-15H2,1-2H3. The van der Waals surface area contributed by atoms with Crippen molar-refractivity contribution in [1.29, 1.82) is 0 Å². The maximum atomic E-state index is 6.09. The van der Waals surface area contributed by atoms with Crippen molar-refractivity contribution in [3.63, 3.8) is 0 Å². The van der Waals surface area contributed by atoms with E-state index >= 15 is 0 Å². The van der Waals surface area contributed by atoms with Gasteiger partial charge in [-0.05, 0) is 48.9 Å². The molecule has 3 nitrogen and oxygen atoms in total. The summed E-state index contributed by atoms with van der Waals surface area (Å²) in [6.45, 7) is 6.13. The fourth-order valence-electron chi connectivity index (χ4n) is 3.48. The Hall–Kier alpha value is -2.29. The minimum absolute atomic E-state index is 0.482. The lowest BCUT2D eigenvalue weighted by Crippen LogP contribution is -2.08. The predicted octanol–water partition coefficient (Wildman–Crippen LogP) is 5.51. The maximum Gasteiger partial charge on any atom is 0.122 e. The zero-order valence-electron chi connectivity index (χ0n) is 15.1. The zero-order valence-corrected chi connectivity index (χ0v) is 15.1. The molecule has 1 aliphatic carbocycles. The third-order valence-electron chi connectivity index (χ3n) is 4.95. The summed E-state index contributed by atoms with van der Waals surface area (Å²) in [6.07, 6.45) is 3.55. The number of fused-ring (bicyclic) bond motifs is 1. The second-order valence-electron chi connectivity index (χ2n) is 7.28. The van der Waals surface area contributed by atoms with Crippen LogP contribution in [0, 0.1) is 0 Å². The average Bonchev–Trinajstić information content (AvgIpc) is 3.41. The van der Waals surface area contributed by atoms with Crippen molar-refractivity contribution in [1.82, 2.24) is 9.55 Å². The molecule has 1 heterocycles. The molecule has 0 unspecified atom stereocenters. The number of hydrogen-bond acceptors (Lipinski definition) is 2. The molecule has 0 N–H and O–H groups in total. The minimum Gasteiger partial charge on any atom is -0.493 e. The van der Waals surface area contributed by atoms with Gasteiger partial charge in [0.1, 0.15) is 11.6 Å². The number of imidazole rings is 1. The van der Waals surface area contributed by atoms with Gasteiger partial charge in [-0.1, -0.05) is 44.2 Å². The van der Waals surface area contributed by atoms with Gasteiger partial charge in [0, 0.05) is 12.5 Å². The summed E-state index contributed by atoms with van der Waals surface area (Å²) in [5.41, 5.74) is 3.66. The fraction of sp³-hybridized carbons (Fsp3) is 0.409. The van der Waals surface area contributed by atoms with Crippen molar-refractivity contribution in [2.24, 2.45) is 0 Å². The van der Waals surface area contributed by atoms with Crippen LogP contribution in [-0.2, 0) is 6.54 Å². The lowest BCUT2D eigenvalue weighted by atomic mass is 10.0. The molecule has 1 aliphatic rings. The zero-order chi connectivity index (χ0) is 17.2. The Morgan fingerprint density at radius 3 is 2.64 bits per heavy atom. The Morgan fingerprint density at radius 2 is 1.84 bits per heavy atom. The van der Waals surface area contributed by atoms with Crippen LogP contribution in [-0.4, -0.2) is 16.2 Å². The summed E-state index contributed by atoms with van der Waals surface area (Å²) in [6, 6.07) is 16.9. The first-order chi connectivity index (χ1) is 12.2. The van der Waals surface area contributed by atoms with E-state index in [-0.39, 0.29) is 0 Å². The van der Waals surface area contributed by atoms with E-state index in [1.54, 1.807) is 0 Å². The molecule has 0 bridgehead atoms. The number of nitrogens with zero attached hydrogens (tertiary/aromatic N) is 2. The third kappa shape index (κ3) is 3.41. The van der Waals surface area contributed by atoms with Crippen molar-refractivity contribution in [2.45, 2.75) is 51.5 Å². The van der Waals surface area contributed by atoms with Crippen molar-refractivity contribution >= 4 is 11.0 Å². The highest BCUT2D eigenvalue weighted by Crippen LogP contribution is 2.40. The van der Waals surface area contributed by atoms with E-state index in [1.807, 2.05) is 0 Å². The molecule has 0 atom stereocenters. The van der Waals surface area contributed by atoms with Gasteiger partial charge in [-0.25, -0.2) is 4.98 Å². The molecule has 1 saturated carbocycles. The van der Waals surface area contributed by atoms with E-state index in [1.165, 1.54) is 29.7 Å². The van der Waals surface area contributed by atoms with E-state index in [4.69, 9.17) is 9.72 Å². The smallest absolute Gasteiger partial charge is 0.122 e. The SMILES string of the molecule is CC(C)c1ccccc1OCCCn1c(C2CC2)nc2ccccc21. The van der Waals surface area contributed by atoms with Crippen LogP contribution in [0.15, 0.2) is 48.5 Å². The van der Waals surface area contributed by atoms with E-state index in [0.717, 1.165) is 30.8 Å².